The Morgan fingerprint density at radius 2 is 1.86 bits per heavy atom. The highest BCUT2D eigenvalue weighted by Gasteiger charge is 2.21. The van der Waals surface area contributed by atoms with Gasteiger partial charge in [0.1, 0.15) is 17.4 Å². The topological polar surface area (TPSA) is 152 Å². The maximum absolute atomic E-state index is 11.6. The van der Waals surface area contributed by atoms with Crippen LogP contribution >= 0.6 is 0 Å². The highest BCUT2D eigenvalue weighted by atomic mass is 16.3. The zero-order valence-corrected chi connectivity index (χ0v) is 21.1. The zero-order valence-electron chi connectivity index (χ0n) is 21.1. The summed E-state index contributed by atoms with van der Waals surface area (Å²) in [6.45, 7) is 9.55. The van der Waals surface area contributed by atoms with E-state index < -0.39 is 0 Å². The Hall–Kier alpha value is -3.81. The highest BCUT2D eigenvalue weighted by Crippen LogP contribution is 2.27. The largest absolute Gasteiger partial charge is 0.507 e. The van der Waals surface area contributed by atoms with Crippen molar-refractivity contribution in [3.63, 3.8) is 0 Å². The lowest BCUT2D eigenvalue weighted by Crippen LogP contribution is -2.28. The normalized spacial score (nSPS) is 16.0. The fraction of sp³-hybridized carbons (Fsp3) is 0.370. The summed E-state index contributed by atoms with van der Waals surface area (Å²) in [5.74, 6) is 0.776. The molecule has 8 nitrogen and oxygen atoms in total. The van der Waals surface area contributed by atoms with Crippen LogP contribution in [0.5, 0.6) is 5.75 Å². The molecule has 0 spiro atoms. The van der Waals surface area contributed by atoms with Crippen molar-refractivity contribution in [1.82, 2.24) is 5.32 Å². The zero-order chi connectivity index (χ0) is 26.2. The second kappa shape index (κ2) is 15.9. The van der Waals surface area contributed by atoms with Crippen molar-refractivity contribution in [1.29, 1.82) is 0 Å². The molecule has 1 fully saturated rings. The van der Waals surface area contributed by atoms with Crippen LogP contribution in [0.4, 0.5) is 0 Å². The quantitative estimate of drug-likeness (QED) is 0.206. The summed E-state index contributed by atoms with van der Waals surface area (Å²) in [6, 6.07) is 6.70. The lowest BCUT2D eigenvalue weighted by Gasteiger charge is -2.21. The average molecular weight is 481 g/mol. The van der Waals surface area contributed by atoms with Crippen LogP contribution in [-0.4, -0.2) is 35.9 Å². The molecule has 190 valence electrons. The van der Waals surface area contributed by atoms with Crippen LogP contribution in [0.2, 0.25) is 0 Å². The molecule has 0 saturated heterocycles. The van der Waals surface area contributed by atoms with Crippen molar-refractivity contribution in [3.8, 4) is 5.75 Å². The van der Waals surface area contributed by atoms with Crippen molar-refractivity contribution in [3.05, 3.63) is 71.9 Å². The smallest absolute Gasteiger partial charge is 0.132 e. The molecule has 1 aliphatic carbocycles. The SMILES string of the molecule is C=CC.CC=N/C=C(\C=NC(C)CNC(/C=C(\N)c1ccccc1O)=C(N)N)C1CCC(=O)CC1. The molecular weight excluding hydrogens is 440 g/mol. The molecular formula is C27H40N6O2. The molecule has 1 atom stereocenters. The maximum Gasteiger partial charge on any atom is 0.132 e. The number of aromatic hydroxyl groups is 1. The third-order valence-corrected chi connectivity index (χ3v) is 5.28. The van der Waals surface area contributed by atoms with E-state index in [-0.39, 0.29) is 23.5 Å². The van der Waals surface area contributed by atoms with Gasteiger partial charge in [0.2, 0.25) is 0 Å². The van der Waals surface area contributed by atoms with Gasteiger partial charge in [-0.2, -0.15) is 0 Å². The number of hydrogen-bond donors (Lipinski definition) is 5. The summed E-state index contributed by atoms with van der Waals surface area (Å²) >= 11 is 0. The van der Waals surface area contributed by atoms with Gasteiger partial charge in [0, 0.05) is 49.3 Å². The lowest BCUT2D eigenvalue weighted by atomic mass is 9.84. The second-order valence-corrected chi connectivity index (χ2v) is 8.25. The summed E-state index contributed by atoms with van der Waals surface area (Å²) in [7, 11) is 0. The third-order valence-electron chi connectivity index (χ3n) is 5.28. The van der Waals surface area contributed by atoms with Crippen LogP contribution in [0.15, 0.2) is 76.3 Å². The summed E-state index contributed by atoms with van der Waals surface area (Å²) < 4.78 is 0. The van der Waals surface area contributed by atoms with Gasteiger partial charge in [0.15, 0.2) is 0 Å². The van der Waals surface area contributed by atoms with Gasteiger partial charge in [-0.15, -0.1) is 6.58 Å². The van der Waals surface area contributed by atoms with Crippen molar-refractivity contribution >= 4 is 23.9 Å². The van der Waals surface area contributed by atoms with Crippen molar-refractivity contribution in [2.45, 2.75) is 52.5 Å². The number of carbonyl (C=O) groups excluding carboxylic acids is 1. The predicted octanol–water partition coefficient (Wildman–Crippen LogP) is 3.75. The minimum Gasteiger partial charge on any atom is -0.507 e. The van der Waals surface area contributed by atoms with E-state index in [1.54, 1.807) is 42.6 Å². The third kappa shape index (κ3) is 10.8. The number of ketones is 1. The van der Waals surface area contributed by atoms with Crippen LogP contribution < -0.4 is 22.5 Å². The number of rotatable bonds is 9. The number of Topliss-reactive ketones (excluding diaryl/α,β-unsaturated/α-hetero) is 1. The Labute approximate surface area is 209 Å². The number of nitrogens with one attached hydrogen (secondary N) is 1. The predicted molar refractivity (Wildman–Crippen MR) is 147 cm³/mol. The first-order chi connectivity index (χ1) is 16.7. The molecule has 0 bridgehead atoms. The van der Waals surface area contributed by atoms with Crippen LogP contribution in [0.1, 0.15) is 52.0 Å². The van der Waals surface area contributed by atoms with E-state index in [0.29, 0.717) is 42.1 Å². The molecule has 8 N–H and O–H groups in total. The minimum absolute atomic E-state index is 0.0765. The summed E-state index contributed by atoms with van der Waals surface area (Å²) in [5, 5.41) is 13.2. The fourth-order valence-electron chi connectivity index (χ4n) is 3.39. The van der Waals surface area contributed by atoms with Gasteiger partial charge in [-0.05, 0) is 63.3 Å². The standard InChI is InChI=1S/C24H34N6O2.C3H6/c1-3-28-14-18(17-8-10-19(31)11-9-17)15-29-16(2)13-30-22(24(26)27)12-21(25)20-6-4-5-7-23(20)32;1-3-2/h3-7,12,14-17,30,32H,8-11,13,25-27H2,1-2H3;3H,1H2,2H3/b18-14+,21-12-,28-3?,29-15?;. The van der Waals surface area contributed by atoms with E-state index in [1.807, 2.05) is 33.2 Å². The first-order valence-corrected chi connectivity index (χ1v) is 11.8. The number of phenols is 1. The minimum atomic E-state index is -0.0802. The van der Waals surface area contributed by atoms with Gasteiger partial charge >= 0.3 is 0 Å². The number of benzene rings is 1. The summed E-state index contributed by atoms with van der Waals surface area (Å²) in [5.41, 5.74) is 20.1. The van der Waals surface area contributed by atoms with Gasteiger partial charge in [0.05, 0.1) is 11.7 Å². The van der Waals surface area contributed by atoms with Gasteiger partial charge < -0.3 is 27.6 Å². The number of nitrogens with zero attached hydrogens (tertiary/aromatic N) is 2. The first-order valence-electron chi connectivity index (χ1n) is 11.8. The first kappa shape index (κ1) is 29.2. The van der Waals surface area contributed by atoms with Crippen molar-refractivity contribution in [2.75, 3.05) is 6.54 Å². The molecule has 1 aromatic carbocycles. The van der Waals surface area contributed by atoms with Crippen LogP contribution in [-0.2, 0) is 4.79 Å². The summed E-state index contributed by atoms with van der Waals surface area (Å²) in [4.78, 5) is 20.5. The van der Waals surface area contributed by atoms with E-state index in [0.717, 1.165) is 18.4 Å². The number of phenolic OH excluding ortho intramolecular Hbond substituents is 1. The molecule has 0 aliphatic heterocycles. The molecule has 0 radical (unpaired) electrons. The Morgan fingerprint density at radius 3 is 2.43 bits per heavy atom. The molecule has 0 heterocycles. The molecule has 0 aromatic heterocycles. The van der Waals surface area contributed by atoms with E-state index in [1.165, 1.54) is 0 Å². The highest BCUT2D eigenvalue weighted by molar-refractivity contribution is 5.82. The molecule has 35 heavy (non-hydrogen) atoms. The number of allylic oxidation sites excluding steroid dienone is 3. The molecule has 8 heteroatoms. The summed E-state index contributed by atoms with van der Waals surface area (Å²) in [6.07, 6.45) is 11.6. The number of aliphatic imine (C=N–C) groups is 2. The molecule has 1 saturated carbocycles. The molecule has 1 unspecified atom stereocenters. The Bertz CT molecular complexity index is 977. The van der Waals surface area contributed by atoms with Crippen LogP contribution in [0.3, 0.4) is 0 Å². The number of hydrogen-bond acceptors (Lipinski definition) is 8. The Balaban J connectivity index is 0.00000194. The molecule has 1 aliphatic rings. The lowest BCUT2D eigenvalue weighted by molar-refractivity contribution is -0.120. The van der Waals surface area contributed by atoms with E-state index in [4.69, 9.17) is 17.2 Å². The average Bonchev–Trinajstić information content (AvgIpc) is 2.83. The number of nitrogens with two attached hydrogens (primary N) is 3. The van der Waals surface area contributed by atoms with Gasteiger partial charge in [-0.1, -0.05) is 18.2 Å². The van der Waals surface area contributed by atoms with Gasteiger partial charge in [-0.25, -0.2) is 0 Å². The van der Waals surface area contributed by atoms with E-state index >= 15 is 0 Å². The van der Waals surface area contributed by atoms with E-state index in [2.05, 4.69) is 21.9 Å². The van der Waals surface area contributed by atoms with Crippen LogP contribution in [0.25, 0.3) is 5.70 Å². The molecule has 1 aromatic rings. The van der Waals surface area contributed by atoms with Crippen molar-refractivity contribution < 1.29 is 9.90 Å². The number of para-hydroxylation sites is 1. The maximum atomic E-state index is 11.6. The van der Waals surface area contributed by atoms with Gasteiger partial charge in [0.25, 0.3) is 0 Å². The second-order valence-electron chi connectivity index (χ2n) is 8.25. The Morgan fingerprint density at radius 1 is 1.23 bits per heavy atom. The monoisotopic (exact) mass is 480 g/mol. The van der Waals surface area contributed by atoms with Crippen molar-refractivity contribution in [2.24, 2.45) is 33.1 Å². The fourth-order valence-corrected chi connectivity index (χ4v) is 3.39. The van der Waals surface area contributed by atoms with Crippen LogP contribution in [0, 0.1) is 5.92 Å². The Kier molecular flexibility index (Phi) is 13.3. The van der Waals surface area contributed by atoms with Gasteiger partial charge in [-0.3, -0.25) is 14.8 Å². The van der Waals surface area contributed by atoms with E-state index in [9.17, 15) is 9.90 Å². The molecule has 0 amide bonds. The number of carbonyl (C=O) groups is 1. The molecule has 2 rings (SSSR count).